The number of carbonyl (C=O) groups is 1. The Labute approximate surface area is 121 Å². The number of rotatable bonds is 2. The van der Waals surface area contributed by atoms with Crippen molar-refractivity contribution in [2.45, 2.75) is 5.92 Å². The number of halogens is 1. The molecule has 0 amide bonds. The highest BCUT2D eigenvalue weighted by atomic mass is 35.5. The largest absolute Gasteiger partial charge is 0.407 e. The molecule has 2 aromatic carbocycles. The molecule has 0 bridgehead atoms. The maximum absolute atomic E-state index is 12.1. The number of carbonyl (C=O) groups excluding carboxylic acids is 1. The van der Waals surface area contributed by atoms with Crippen LogP contribution in [-0.4, -0.2) is 18.4 Å². The van der Waals surface area contributed by atoms with E-state index in [0.717, 1.165) is 11.1 Å². The van der Waals surface area contributed by atoms with Crippen LogP contribution in [0.2, 0.25) is 5.02 Å². The number of hydrogen-bond donors (Lipinski definition) is 0. The molecule has 0 unspecified atom stereocenters. The van der Waals surface area contributed by atoms with Crippen LogP contribution in [0.3, 0.4) is 0 Å². The van der Waals surface area contributed by atoms with Gasteiger partial charge in [-0.15, -0.1) is 0 Å². The van der Waals surface area contributed by atoms with Crippen molar-refractivity contribution in [2.75, 3.05) is 6.54 Å². The molecule has 0 fully saturated rings. The van der Waals surface area contributed by atoms with Gasteiger partial charge in [0.25, 0.3) is 0 Å². The van der Waals surface area contributed by atoms with E-state index in [9.17, 15) is 4.79 Å². The molecular weight excluding hydrogens is 274 g/mol. The Hall–Kier alpha value is -2.13. The molecule has 0 saturated heterocycles. The Morgan fingerprint density at radius 1 is 1.05 bits per heavy atom. The lowest BCUT2D eigenvalue weighted by molar-refractivity contribution is -0.137. The minimum Gasteiger partial charge on any atom is -0.407 e. The summed E-state index contributed by atoms with van der Waals surface area (Å²) in [5, 5.41) is 0.645. The number of nitrogens with zero attached hydrogens (tertiary/aromatic N) is 1. The molecule has 3 nitrogen and oxygen atoms in total. The van der Waals surface area contributed by atoms with Gasteiger partial charge < -0.3 is 4.74 Å². The van der Waals surface area contributed by atoms with Crippen molar-refractivity contribution in [1.29, 1.82) is 0 Å². The smallest absolute Gasteiger partial charge is 0.322 e. The molecule has 0 radical (unpaired) electrons. The molecule has 0 spiro atoms. The number of aliphatic imine (C=N–C) groups is 1. The van der Waals surface area contributed by atoms with Crippen LogP contribution in [-0.2, 0) is 9.53 Å². The van der Waals surface area contributed by atoms with Crippen LogP contribution < -0.4 is 0 Å². The van der Waals surface area contributed by atoms with Crippen molar-refractivity contribution in [2.24, 2.45) is 4.99 Å². The topological polar surface area (TPSA) is 38.7 Å². The fraction of sp³-hybridized carbons (Fsp3) is 0.125. The van der Waals surface area contributed by atoms with Crippen molar-refractivity contribution in [3.63, 3.8) is 0 Å². The Kier molecular flexibility index (Phi) is 3.52. The number of ether oxygens (including phenoxy) is 1. The standard InChI is InChI=1S/C16H12ClNO2/c17-13-8-6-11(7-9-13)14-10-18-15(20-16(14)19)12-4-2-1-3-5-12/h1-9,14H,10H2/t14-/m1/s1. The SMILES string of the molecule is O=C1OC(c2ccccc2)=NC[C@@H]1c1ccc(Cl)cc1. The molecular formula is C16H12ClNO2. The van der Waals surface area contributed by atoms with E-state index in [1.54, 1.807) is 12.1 Å². The Balaban J connectivity index is 1.84. The predicted octanol–water partition coefficient (Wildman–Crippen LogP) is 3.43. The Bertz CT molecular complexity index is 650. The molecule has 0 aromatic heterocycles. The van der Waals surface area contributed by atoms with Crippen LogP contribution >= 0.6 is 11.6 Å². The fourth-order valence-electron chi connectivity index (χ4n) is 2.11. The zero-order valence-electron chi connectivity index (χ0n) is 10.6. The van der Waals surface area contributed by atoms with Crippen molar-refractivity contribution in [3.8, 4) is 0 Å². The molecule has 20 heavy (non-hydrogen) atoms. The Morgan fingerprint density at radius 3 is 2.40 bits per heavy atom. The predicted molar refractivity (Wildman–Crippen MR) is 78.1 cm³/mol. The second-order valence-corrected chi connectivity index (χ2v) is 4.97. The molecule has 1 aliphatic heterocycles. The highest BCUT2D eigenvalue weighted by Gasteiger charge is 2.28. The van der Waals surface area contributed by atoms with Gasteiger partial charge in [0.1, 0.15) is 5.92 Å². The molecule has 0 aliphatic carbocycles. The van der Waals surface area contributed by atoms with Crippen LogP contribution in [0.25, 0.3) is 0 Å². The fourth-order valence-corrected chi connectivity index (χ4v) is 2.24. The summed E-state index contributed by atoms with van der Waals surface area (Å²) in [6.45, 7) is 0.394. The number of hydrogen-bond acceptors (Lipinski definition) is 3. The molecule has 1 aliphatic rings. The molecule has 2 aromatic rings. The first-order valence-electron chi connectivity index (χ1n) is 6.31. The Morgan fingerprint density at radius 2 is 1.75 bits per heavy atom. The molecule has 1 heterocycles. The third-order valence-corrected chi connectivity index (χ3v) is 3.44. The first-order chi connectivity index (χ1) is 9.74. The van der Waals surface area contributed by atoms with Crippen LogP contribution in [0.15, 0.2) is 59.6 Å². The minimum absolute atomic E-state index is 0.277. The van der Waals surface area contributed by atoms with E-state index in [1.807, 2.05) is 42.5 Å². The van der Waals surface area contributed by atoms with Crippen LogP contribution in [0.4, 0.5) is 0 Å². The van der Waals surface area contributed by atoms with E-state index in [-0.39, 0.29) is 11.9 Å². The van der Waals surface area contributed by atoms with Gasteiger partial charge in [-0.05, 0) is 29.8 Å². The van der Waals surface area contributed by atoms with Gasteiger partial charge in [-0.1, -0.05) is 41.9 Å². The summed E-state index contributed by atoms with van der Waals surface area (Å²) < 4.78 is 5.35. The van der Waals surface area contributed by atoms with E-state index >= 15 is 0 Å². The van der Waals surface area contributed by atoms with Crippen LogP contribution in [0.1, 0.15) is 17.0 Å². The average molecular weight is 286 g/mol. The van der Waals surface area contributed by atoms with Gasteiger partial charge >= 0.3 is 5.97 Å². The van der Waals surface area contributed by atoms with Crippen molar-refractivity contribution >= 4 is 23.5 Å². The van der Waals surface area contributed by atoms with Crippen molar-refractivity contribution < 1.29 is 9.53 Å². The van der Waals surface area contributed by atoms with Gasteiger partial charge in [0.05, 0.1) is 6.54 Å². The lowest BCUT2D eigenvalue weighted by Crippen LogP contribution is -2.28. The van der Waals surface area contributed by atoms with Crippen LogP contribution in [0, 0.1) is 0 Å². The molecule has 4 heteroatoms. The lowest BCUT2D eigenvalue weighted by atomic mass is 9.98. The third kappa shape index (κ3) is 2.58. The summed E-state index contributed by atoms with van der Waals surface area (Å²) in [6.07, 6.45) is 0. The lowest BCUT2D eigenvalue weighted by Gasteiger charge is -2.20. The zero-order chi connectivity index (χ0) is 13.9. The summed E-state index contributed by atoms with van der Waals surface area (Å²) in [4.78, 5) is 16.5. The average Bonchev–Trinajstić information content (AvgIpc) is 2.49. The zero-order valence-corrected chi connectivity index (χ0v) is 11.4. The van der Waals surface area contributed by atoms with Crippen molar-refractivity contribution in [3.05, 3.63) is 70.7 Å². The molecule has 100 valence electrons. The summed E-state index contributed by atoms with van der Waals surface area (Å²) in [5.74, 6) is -0.248. The van der Waals surface area contributed by atoms with Gasteiger partial charge in [-0.25, -0.2) is 4.99 Å². The first-order valence-corrected chi connectivity index (χ1v) is 6.69. The maximum atomic E-state index is 12.1. The summed E-state index contributed by atoms with van der Waals surface area (Å²) in [6, 6.07) is 16.6. The van der Waals surface area contributed by atoms with E-state index in [1.165, 1.54) is 0 Å². The summed E-state index contributed by atoms with van der Waals surface area (Å²) in [7, 11) is 0. The normalized spacial score (nSPS) is 18.4. The van der Waals surface area contributed by atoms with E-state index in [0.29, 0.717) is 17.5 Å². The molecule has 0 saturated carbocycles. The van der Waals surface area contributed by atoms with Gasteiger partial charge in [0, 0.05) is 10.6 Å². The molecule has 1 atom stereocenters. The van der Waals surface area contributed by atoms with Gasteiger partial charge in [-0.3, -0.25) is 4.79 Å². The third-order valence-electron chi connectivity index (χ3n) is 3.19. The monoisotopic (exact) mass is 285 g/mol. The summed E-state index contributed by atoms with van der Waals surface area (Å²) in [5.41, 5.74) is 1.69. The number of cyclic esters (lactones) is 1. The van der Waals surface area contributed by atoms with E-state index in [4.69, 9.17) is 16.3 Å². The summed E-state index contributed by atoms with van der Waals surface area (Å²) >= 11 is 5.85. The molecule has 0 N–H and O–H groups in total. The maximum Gasteiger partial charge on any atom is 0.322 e. The van der Waals surface area contributed by atoms with Gasteiger partial charge in [0.15, 0.2) is 0 Å². The first kappa shape index (κ1) is 12.9. The van der Waals surface area contributed by atoms with E-state index in [2.05, 4.69) is 4.99 Å². The highest BCUT2D eigenvalue weighted by molar-refractivity contribution is 6.30. The second kappa shape index (κ2) is 5.47. The second-order valence-electron chi connectivity index (χ2n) is 4.54. The number of esters is 1. The van der Waals surface area contributed by atoms with Crippen LogP contribution in [0.5, 0.6) is 0 Å². The van der Waals surface area contributed by atoms with Gasteiger partial charge in [-0.2, -0.15) is 0 Å². The molecule has 3 rings (SSSR count). The van der Waals surface area contributed by atoms with E-state index < -0.39 is 0 Å². The highest BCUT2D eigenvalue weighted by Crippen LogP contribution is 2.24. The van der Waals surface area contributed by atoms with Crippen molar-refractivity contribution in [1.82, 2.24) is 0 Å². The number of benzene rings is 2. The quantitative estimate of drug-likeness (QED) is 0.793. The van der Waals surface area contributed by atoms with Gasteiger partial charge in [0.2, 0.25) is 5.90 Å². The minimum atomic E-state index is -0.361.